The van der Waals surface area contributed by atoms with Crippen molar-refractivity contribution < 1.29 is 9.47 Å². The van der Waals surface area contributed by atoms with E-state index in [9.17, 15) is 5.21 Å². The molecule has 2 rings (SSSR count). The van der Waals surface area contributed by atoms with Crippen molar-refractivity contribution in [1.82, 2.24) is 0 Å². The van der Waals surface area contributed by atoms with Crippen LogP contribution in [0.25, 0.3) is 0 Å². The van der Waals surface area contributed by atoms with E-state index in [1.165, 1.54) is 5.56 Å². The fraction of sp³-hybridized carbons (Fsp3) is 0.583. The van der Waals surface area contributed by atoms with Crippen LogP contribution in [-0.2, 0) is 4.74 Å². The Hall–Kier alpha value is -1.09. The van der Waals surface area contributed by atoms with Crippen LogP contribution in [0.1, 0.15) is 38.2 Å². The van der Waals surface area contributed by atoms with Gasteiger partial charge in [0.15, 0.2) is 12.4 Å². The average Bonchev–Trinajstić information content (AvgIpc) is 2.17. The second-order valence-electron chi connectivity index (χ2n) is 4.42. The lowest BCUT2D eigenvalue weighted by atomic mass is 9.87. The predicted octanol–water partition coefficient (Wildman–Crippen LogP) is 1.99. The van der Waals surface area contributed by atoms with E-state index in [1.807, 2.05) is 12.1 Å². The summed E-state index contributed by atoms with van der Waals surface area (Å²) < 4.78 is 6.52. The van der Waals surface area contributed by atoms with Crippen LogP contribution in [0.15, 0.2) is 24.5 Å². The summed E-state index contributed by atoms with van der Waals surface area (Å²) in [6.07, 6.45) is 5.87. The molecule has 1 aromatic heterocycles. The Morgan fingerprint density at radius 3 is 2.27 bits per heavy atom. The predicted molar refractivity (Wildman–Crippen MR) is 57.4 cm³/mol. The van der Waals surface area contributed by atoms with E-state index >= 15 is 0 Å². The first-order valence-electron chi connectivity index (χ1n) is 5.49. The lowest BCUT2D eigenvalue weighted by Crippen LogP contribution is -2.29. The Kier molecular flexibility index (Phi) is 2.91. The third-order valence-electron chi connectivity index (χ3n) is 3.00. The van der Waals surface area contributed by atoms with Gasteiger partial charge in [0.25, 0.3) is 0 Å². The highest BCUT2D eigenvalue weighted by molar-refractivity contribution is 5.15. The van der Waals surface area contributed by atoms with Crippen LogP contribution in [0, 0.1) is 5.21 Å². The first kappa shape index (κ1) is 10.4. The lowest BCUT2D eigenvalue weighted by molar-refractivity contribution is -0.605. The van der Waals surface area contributed by atoms with Crippen molar-refractivity contribution >= 4 is 0 Å². The van der Waals surface area contributed by atoms with Gasteiger partial charge in [-0.15, -0.1) is 0 Å². The van der Waals surface area contributed by atoms with Gasteiger partial charge in [-0.1, -0.05) is 0 Å². The van der Waals surface area contributed by atoms with E-state index in [2.05, 4.69) is 13.8 Å². The normalized spacial score (nSPS) is 31.5. The van der Waals surface area contributed by atoms with Gasteiger partial charge in [-0.25, -0.2) is 0 Å². The minimum atomic E-state index is 0.318. The topological polar surface area (TPSA) is 36.2 Å². The van der Waals surface area contributed by atoms with Crippen molar-refractivity contribution in [2.45, 2.75) is 44.8 Å². The summed E-state index contributed by atoms with van der Waals surface area (Å²) in [5.74, 6) is 0.532. The first-order valence-corrected chi connectivity index (χ1v) is 5.49. The van der Waals surface area contributed by atoms with Gasteiger partial charge in [0.05, 0.1) is 12.2 Å². The molecule has 0 aromatic carbocycles. The van der Waals surface area contributed by atoms with Gasteiger partial charge in [-0.3, -0.25) is 0 Å². The summed E-state index contributed by atoms with van der Waals surface area (Å²) in [6, 6.07) is 3.84. The number of ether oxygens (including phenoxy) is 1. The van der Waals surface area contributed by atoms with E-state index < -0.39 is 0 Å². The maximum absolute atomic E-state index is 10.9. The molecule has 2 atom stereocenters. The highest BCUT2D eigenvalue weighted by Gasteiger charge is 2.25. The third kappa shape index (κ3) is 2.48. The minimum absolute atomic E-state index is 0.318. The Morgan fingerprint density at radius 1 is 1.20 bits per heavy atom. The molecule has 0 N–H and O–H groups in total. The molecule has 0 spiro atoms. The molecule has 1 aliphatic heterocycles. The molecule has 3 heteroatoms. The van der Waals surface area contributed by atoms with Crippen LogP contribution in [0.2, 0.25) is 0 Å². The van der Waals surface area contributed by atoms with Gasteiger partial charge in [-0.05, 0) is 38.2 Å². The molecule has 0 bridgehead atoms. The maximum atomic E-state index is 10.9. The molecule has 0 radical (unpaired) electrons. The quantitative estimate of drug-likeness (QED) is 0.521. The molecule has 1 saturated heterocycles. The zero-order chi connectivity index (χ0) is 10.8. The molecular formula is C12H17NO2. The van der Waals surface area contributed by atoms with Crippen LogP contribution in [0.3, 0.4) is 0 Å². The summed E-state index contributed by atoms with van der Waals surface area (Å²) in [6.45, 7) is 4.22. The Balaban J connectivity index is 2.12. The molecule has 2 heterocycles. The van der Waals surface area contributed by atoms with Crippen LogP contribution in [0.4, 0.5) is 0 Å². The summed E-state index contributed by atoms with van der Waals surface area (Å²) in [5.41, 5.74) is 1.25. The smallest absolute Gasteiger partial charge is 0.180 e. The number of rotatable bonds is 1. The Labute approximate surface area is 90.3 Å². The number of pyridine rings is 1. The van der Waals surface area contributed by atoms with Crippen molar-refractivity contribution in [3.8, 4) is 0 Å². The number of aromatic nitrogens is 1. The summed E-state index contributed by atoms with van der Waals surface area (Å²) >= 11 is 0. The van der Waals surface area contributed by atoms with Crippen molar-refractivity contribution in [2.75, 3.05) is 0 Å². The molecule has 0 unspecified atom stereocenters. The van der Waals surface area contributed by atoms with Gasteiger partial charge in [0.1, 0.15) is 0 Å². The van der Waals surface area contributed by atoms with E-state index in [4.69, 9.17) is 4.74 Å². The molecule has 0 amide bonds. The molecular weight excluding hydrogens is 190 g/mol. The van der Waals surface area contributed by atoms with Gasteiger partial charge < -0.3 is 9.94 Å². The zero-order valence-electron chi connectivity index (χ0n) is 9.22. The monoisotopic (exact) mass is 207 g/mol. The summed E-state index contributed by atoms with van der Waals surface area (Å²) in [7, 11) is 0. The van der Waals surface area contributed by atoms with Gasteiger partial charge in [0.2, 0.25) is 0 Å². The van der Waals surface area contributed by atoms with Crippen LogP contribution >= 0.6 is 0 Å². The Bertz CT molecular complexity index is 313. The highest BCUT2D eigenvalue weighted by Crippen LogP contribution is 2.32. The molecule has 15 heavy (non-hydrogen) atoms. The summed E-state index contributed by atoms with van der Waals surface area (Å²) in [4.78, 5) is 0. The van der Waals surface area contributed by atoms with E-state index in [0.29, 0.717) is 18.1 Å². The summed E-state index contributed by atoms with van der Waals surface area (Å²) in [5, 5.41) is 10.9. The Morgan fingerprint density at radius 2 is 1.73 bits per heavy atom. The van der Waals surface area contributed by atoms with Crippen molar-refractivity contribution in [3.05, 3.63) is 35.3 Å². The second kappa shape index (κ2) is 4.19. The highest BCUT2D eigenvalue weighted by atomic mass is 16.5. The van der Waals surface area contributed by atoms with Gasteiger partial charge in [0, 0.05) is 12.1 Å². The standard InChI is InChI=1S/C12H17NO2/c1-9-7-12(8-10(2)15-9)11-3-5-13(14)6-4-11/h3-6,9-10,12H,7-8H2,1-2H3/t9-,10-/m1/s1. The van der Waals surface area contributed by atoms with E-state index in [-0.39, 0.29) is 0 Å². The van der Waals surface area contributed by atoms with Gasteiger partial charge >= 0.3 is 0 Å². The number of hydrogen-bond donors (Lipinski definition) is 0. The third-order valence-corrected chi connectivity index (χ3v) is 3.00. The fourth-order valence-electron chi connectivity index (χ4n) is 2.37. The fourth-order valence-corrected chi connectivity index (χ4v) is 2.37. The van der Waals surface area contributed by atoms with E-state index in [1.54, 1.807) is 12.4 Å². The zero-order valence-corrected chi connectivity index (χ0v) is 9.22. The maximum Gasteiger partial charge on any atom is 0.180 e. The molecule has 1 aromatic rings. The van der Waals surface area contributed by atoms with Crippen molar-refractivity contribution in [2.24, 2.45) is 0 Å². The number of hydrogen-bond acceptors (Lipinski definition) is 2. The molecule has 0 saturated carbocycles. The molecule has 3 nitrogen and oxygen atoms in total. The van der Waals surface area contributed by atoms with Crippen LogP contribution in [-0.4, -0.2) is 12.2 Å². The van der Waals surface area contributed by atoms with E-state index in [0.717, 1.165) is 17.6 Å². The van der Waals surface area contributed by atoms with Crippen molar-refractivity contribution in [1.29, 1.82) is 0 Å². The molecule has 1 fully saturated rings. The number of nitrogens with zero attached hydrogens (tertiary/aromatic N) is 1. The molecule has 1 aliphatic rings. The first-order chi connectivity index (χ1) is 7.15. The SMILES string of the molecule is C[C@@H]1CC(c2cc[n+]([O-])cc2)C[C@@H](C)O1. The average molecular weight is 207 g/mol. The molecule has 82 valence electrons. The molecule has 0 aliphatic carbocycles. The largest absolute Gasteiger partial charge is 0.619 e. The minimum Gasteiger partial charge on any atom is -0.619 e. The second-order valence-corrected chi connectivity index (χ2v) is 4.42. The van der Waals surface area contributed by atoms with Crippen molar-refractivity contribution in [3.63, 3.8) is 0 Å². The lowest BCUT2D eigenvalue weighted by Gasteiger charge is -2.32. The van der Waals surface area contributed by atoms with Gasteiger partial charge in [-0.2, -0.15) is 4.73 Å². The van der Waals surface area contributed by atoms with Crippen LogP contribution < -0.4 is 4.73 Å². The van der Waals surface area contributed by atoms with Crippen LogP contribution in [0.5, 0.6) is 0 Å².